The van der Waals surface area contributed by atoms with Crippen molar-refractivity contribution in [1.29, 1.82) is 0 Å². The minimum absolute atomic E-state index is 0.0374. The summed E-state index contributed by atoms with van der Waals surface area (Å²) in [5, 5.41) is 17.1. The van der Waals surface area contributed by atoms with Crippen LogP contribution in [0.1, 0.15) is 50.6 Å². The van der Waals surface area contributed by atoms with Gasteiger partial charge in [-0.25, -0.2) is 14.3 Å². The van der Waals surface area contributed by atoms with Gasteiger partial charge in [-0.15, -0.1) is 5.10 Å². The molecule has 1 aliphatic rings. The normalized spacial score (nSPS) is 13.4. The molecule has 0 saturated heterocycles. The first-order chi connectivity index (χ1) is 18.5. The third kappa shape index (κ3) is 5.88. The highest BCUT2D eigenvalue weighted by Crippen LogP contribution is 2.29. The number of anilines is 1. The molecule has 0 spiro atoms. The smallest absolute Gasteiger partial charge is 0.349 e. The summed E-state index contributed by atoms with van der Waals surface area (Å²) >= 11 is 12.5. The minimum Gasteiger partial charge on any atom is -0.349 e. The lowest BCUT2D eigenvalue weighted by Gasteiger charge is -2.15. The first kappa shape index (κ1) is 26.6. The van der Waals surface area contributed by atoms with Crippen LogP contribution < -0.4 is 10.6 Å². The van der Waals surface area contributed by atoms with Crippen LogP contribution in [0.15, 0.2) is 42.7 Å². The van der Waals surface area contributed by atoms with Crippen LogP contribution in [-0.2, 0) is 12.7 Å². The van der Waals surface area contributed by atoms with Gasteiger partial charge in [-0.1, -0.05) is 28.4 Å². The number of carbonyl (C=O) groups excluding carboxylic acids is 2. The summed E-state index contributed by atoms with van der Waals surface area (Å²) in [6, 6.07) is 7.64. The highest BCUT2D eigenvalue weighted by atomic mass is 35.5. The van der Waals surface area contributed by atoms with E-state index in [1.165, 1.54) is 23.0 Å². The molecule has 3 heterocycles. The van der Waals surface area contributed by atoms with Gasteiger partial charge in [-0.2, -0.15) is 18.3 Å². The summed E-state index contributed by atoms with van der Waals surface area (Å²) in [6.07, 6.45) is -0.745. The maximum Gasteiger partial charge on any atom is 0.436 e. The van der Waals surface area contributed by atoms with Crippen LogP contribution in [0.3, 0.4) is 0 Å². The highest BCUT2D eigenvalue weighted by molar-refractivity contribution is 6.32. The van der Waals surface area contributed by atoms with Crippen molar-refractivity contribution in [2.24, 2.45) is 0 Å². The summed E-state index contributed by atoms with van der Waals surface area (Å²) < 4.78 is 41.0. The number of nitrogens with zero attached hydrogens (tertiary/aromatic N) is 6. The molecule has 0 aliphatic heterocycles. The standard InChI is InChI=1S/C24H19Cl2F3N8O2/c1-12-7-13(25)8-16(22(38)31-14-4-5-14)20(12)32-23(39)18-9-15(10-36-11-19(33-35-36)24(27,28)29)34-37(18)21-17(26)3-2-6-30-21/h2-3,6-9,11,14H,4-5,10H2,1H3,(H,31,38)(H,32,39). The number of amides is 2. The van der Waals surface area contributed by atoms with E-state index in [1.807, 2.05) is 0 Å². The Bertz CT molecular complexity index is 1580. The Labute approximate surface area is 229 Å². The van der Waals surface area contributed by atoms with Gasteiger partial charge in [0.2, 0.25) is 0 Å². The Kier molecular flexibility index (Phi) is 7.03. The van der Waals surface area contributed by atoms with Gasteiger partial charge in [0.05, 0.1) is 34.7 Å². The van der Waals surface area contributed by atoms with Crippen LogP contribution in [-0.4, -0.2) is 47.6 Å². The number of hydrogen-bond acceptors (Lipinski definition) is 6. The number of alkyl halides is 3. The topological polar surface area (TPSA) is 120 Å². The molecule has 0 bridgehead atoms. The van der Waals surface area contributed by atoms with Crippen molar-refractivity contribution in [2.75, 3.05) is 5.32 Å². The van der Waals surface area contributed by atoms with Gasteiger partial charge in [-0.05, 0) is 55.7 Å². The molecule has 2 amide bonds. The molecule has 3 aromatic heterocycles. The predicted octanol–water partition coefficient (Wildman–Crippen LogP) is 4.69. The first-order valence-corrected chi connectivity index (χ1v) is 12.3. The van der Waals surface area contributed by atoms with Crippen LogP contribution in [0.2, 0.25) is 10.0 Å². The van der Waals surface area contributed by atoms with Crippen LogP contribution in [0.25, 0.3) is 5.82 Å². The average molecular weight is 579 g/mol. The molecule has 202 valence electrons. The second kappa shape index (κ2) is 10.3. The largest absolute Gasteiger partial charge is 0.436 e. The van der Waals surface area contributed by atoms with E-state index in [9.17, 15) is 22.8 Å². The van der Waals surface area contributed by atoms with Gasteiger partial charge >= 0.3 is 6.18 Å². The number of benzene rings is 1. The van der Waals surface area contributed by atoms with Crippen molar-refractivity contribution in [3.63, 3.8) is 0 Å². The Morgan fingerprint density at radius 2 is 1.92 bits per heavy atom. The van der Waals surface area contributed by atoms with Crippen LogP contribution in [0.5, 0.6) is 0 Å². The lowest BCUT2D eigenvalue weighted by atomic mass is 10.1. The number of hydrogen-bond donors (Lipinski definition) is 2. The lowest BCUT2D eigenvalue weighted by Crippen LogP contribution is -2.27. The summed E-state index contributed by atoms with van der Waals surface area (Å²) in [5.74, 6) is -0.937. The maximum atomic E-state index is 13.6. The highest BCUT2D eigenvalue weighted by Gasteiger charge is 2.34. The number of carbonyl (C=O) groups is 2. The monoisotopic (exact) mass is 578 g/mol. The molecule has 0 atom stereocenters. The fraction of sp³-hybridized carbons (Fsp3) is 0.250. The Balaban J connectivity index is 1.51. The molecule has 2 N–H and O–H groups in total. The van der Waals surface area contributed by atoms with Crippen LogP contribution in [0.4, 0.5) is 18.9 Å². The zero-order valence-corrected chi connectivity index (χ0v) is 21.6. The molecule has 1 saturated carbocycles. The number of halogens is 5. The molecule has 15 heteroatoms. The van der Waals surface area contributed by atoms with Gasteiger partial charge in [0.25, 0.3) is 11.8 Å². The van der Waals surface area contributed by atoms with Gasteiger partial charge in [0.1, 0.15) is 5.69 Å². The lowest BCUT2D eigenvalue weighted by molar-refractivity contribution is -0.141. The third-order valence-corrected chi connectivity index (χ3v) is 6.29. The van der Waals surface area contributed by atoms with Crippen molar-refractivity contribution in [2.45, 2.75) is 38.5 Å². The van der Waals surface area contributed by atoms with Crippen LogP contribution in [0, 0.1) is 6.92 Å². The quantitative estimate of drug-likeness (QED) is 0.328. The zero-order valence-electron chi connectivity index (χ0n) is 20.1. The third-order valence-electron chi connectivity index (χ3n) is 5.78. The fourth-order valence-electron chi connectivity index (χ4n) is 3.79. The SMILES string of the molecule is Cc1cc(Cl)cc(C(=O)NC2CC2)c1NC(=O)c1cc(Cn2cc(C(F)(F)F)nn2)nn1-c1ncccc1Cl. The molecule has 1 aromatic carbocycles. The molecule has 1 aliphatic carbocycles. The maximum absolute atomic E-state index is 13.6. The minimum atomic E-state index is -4.66. The van der Waals surface area contributed by atoms with E-state index >= 15 is 0 Å². The fourth-order valence-corrected chi connectivity index (χ4v) is 4.27. The van der Waals surface area contributed by atoms with Crippen molar-refractivity contribution in [1.82, 2.24) is 35.1 Å². The molecule has 0 unspecified atom stereocenters. The van der Waals surface area contributed by atoms with Gasteiger partial charge in [0, 0.05) is 17.3 Å². The molecule has 0 radical (unpaired) electrons. The van der Waals surface area contributed by atoms with Crippen molar-refractivity contribution < 1.29 is 22.8 Å². The molecule has 10 nitrogen and oxygen atoms in total. The first-order valence-electron chi connectivity index (χ1n) is 11.6. The number of aryl methyl sites for hydroxylation is 1. The zero-order chi connectivity index (χ0) is 27.9. The van der Waals surface area contributed by atoms with Gasteiger partial charge in [0.15, 0.2) is 11.5 Å². The van der Waals surface area contributed by atoms with Crippen molar-refractivity contribution >= 4 is 40.7 Å². The molecule has 1 fully saturated rings. The number of rotatable bonds is 7. The molecule has 5 rings (SSSR count). The molecule has 4 aromatic rings. The van der Waals surface area contributed by atoms with Crippen molar-refractivity contribution in [3.8, 4) is 5.82 Å². The number of nitrogens with one attached hydrogen (secondary N) is 2. The Hall–Kier alpha value is -3.97. The molecular formula is C24H19Cl2F3N8O2. The predicted molar refractivity (Wildman–Crippen MR) is 135 cm³/mol. The second-order valence-electron chi connectivity index (χ2n) is 8.89. The van der Waals surface area contributed by atoms with E-state index in [2.05, 4.69) is 31.0 Å². The van der Waals surface area contributed by atoms with Crippen LogP contribution >= 0.6 is 23.2 Å². The van der Waals surface area contributed by atoms with E-state index in [1.54, 1.807) is 25.1 Å². The van der Waals surface area contributed by atoms with E-state index in [0.717, 1.165) is 23.7 Å². The second-order valence-corrected chi connectivity index (χ2v) is 9.73. The summed E-state index contributed by atoms with van der Waals surface area (Å²) in [4.78, 5) is 30.7. The van der Waals surface area contributed by atoms with E-state index in [-0.39, 0.29) is 52.0 Å². The van der Waals surface area contributed by atoms with E-state index < -0.39 is 17.8 Å². The Morgan fingerprint density at radius 3 is 2.59 bits per heavy atom. The molecular weight excluding hydrogens is 560 g/mol. The average Bonchev–Trinajstić information content (AvgIpc) is 3.37. The summed E-state index contributed by atoms with van der Waals surface area (Å²) in [7, 11) is 0. The number of pyridine rings is 1. The van der Waals surface area contributed by atoms with E-state index in [0.29, 0.717) is 10.6 Å². The van der Waals surface area contributed by atoms with Gasteiger partial charge in [-0.3, -0.25) is 9.59 Å². The summed E-state index contributed by atoms with van der Waals surface area (Å²) in [5.41, 5.74) is -0.0476. The Morgan fingerprint density at radius 1 is 1.15 bits per heavy atom. The van der Waals surface area contributed by atoms with Gasteiger partial charge < -0.3 is 10.6 Å². The molecule has 39 heavy (non-hydrogen) atoms. The summed E-state index contributed by atoms with van der Waals surface area (Å²) in [6.45, 7) is 1.46. The number of aromatic nitrogens is 6. The van der Waals surface area contributed by atoms with E-state index in [4.69, 9.17) is 23.2 Å². The van der Waals surface area contributed by atoms with Crippen molar-refractivity contribution in [3.05, 3.63) is 81.0 Å².